The number of nitrogens with two attached hydrogens (primary N) is 1. The third-order valence-corrected chi connectivity index (χ3v) is 4.51. The highest BCUT2D eigenvalue weighted by Gasteiger charge is 2.34. The maximum atomic E-state index is 5.97. The molecule has 1 atom stereocenters. The Kier molecular flexibility index (Phi) is 8.76. The van der Waals surface area contributed by atoms with Crippen molar-refractivity contribution >= 4 is 29.9 Å². The number of rotatable bonds is 7. The summed E-state index contributed by atoms with van der Waals surface area (Å²) in [5, 5.41) is 6.93. The highest BCUT2D eigenvalue weighted by Crippen LogP contribution is 2.32. The van der Waals surface area contributed by atoms with Crippen LogP contribution in [0.1, 0.15) is 51.1 Å². The number of nitrogens with zero attached hydrogens (tertiary/aromatic N) is 1. The lowest BCUT2D eigenvalue weighted by atomic mass is 9.95. The van der Waals surface area contributed by atoms with Crippen LogP contribution in [0, 0.1) is 0 Å². The predicted molar refractivity (Wildman–Crippen MR) is 114 cm³/mol. The lowest BCUT2D eigenvalue weighted by molar-refractivity contribution is 0.307. The fourth-order valence-electron chi connectivity index (χ4n) is 3.22. The Morgan fingerprint density at radius 1 is 1.29 bits per heavy atom. The molecule has 1 aromatic carbocycles. The van der Waals surface area contributed by atoms with Gasteiger partial charge in [-0.2, -0.15) is 0 Å². The fraction of sp³-hybridized carbons (Fsp3) is 0.526. The molecular formula is C19H31IN4. The summed E-state index contributed by atoms with van der Waals surface area (Å²) >= 11 is 0. The van der Waals surface area contributed by atoms with Gasteiger partial charge >= 0.3 is 0 Å². The number of aliphatic imine (C=N–C) groups is 1. The van der Waals surface area contributed by atoms with Gasteiger partial charge in [0, 0.05) is 18.1 Å². The van der Waals surface area contributed by atoms with Gasteiger partial charge in [0.05, 0.1) is 6.54 Å². The molecule has 0 heterocycles. The van der Waals surface area contributed by atoms with Crippen LogP contribution in [0.25, 0.3) is 0 Å². The van der Waals surface area contributed by atoms with Gasteiger partial charge in [0.15, 0.2) is 5.96 Å². The zero-order valence-corrected chi connectivity index (χ0v) is 17.2. The van der Waals surface area contributed by atoms with E-state index in [1.165, 1.54) is 18.4 Å². The number of benzene rings is 1. The van der Waals surface area contributed by atoms with Gasteiger partial charge in [0.1, 0.15) is 0 Å². The van der Waals surface area contributed by atoms with E-state index in [1.54, 1.807) is 0 Å². The first-order valence-corrected chi connectivity index (χ1v) is 8.52. The van der Waals surface area contributed by atoms with E-state index < -0.39 is 0 Å². The van der Waals surface area contributed by atoms with E-state index in [2.05, 4.69) is 59.5 Å². The average Bonchev–Trinajstić information content (AvgIpc) is 3.00. The lowest BCUT2D eigenvalue weighted by Crippen LogP contribution is -2.47. The Morgan fingerprint density at radius 2 is 1.92 bits per heavy atom. The molecule has 1 aromatic rings. The summed E-state index contributed by atoms with van der Waals surface area (Å²) in [6.07, 6.45) is 4.81. The van der Waals surface area contributed by atoms with E-state index in [0.717, 1.165) is 25.0 Å². The van der Waals surface area contributed by atoms with Gasteiger partial charge < -0.3 is 16.4 Å². The molecule has 0 bridgehead atoms. The number of halogens is 1. The van der Waals surface area contributed by atoms with Crippen molar-refractivity contribution in [3.05, 3.63) is 48.0 Å². The molecule has 5 heteroatoms. The van der Waals surface area contributed by atoms with Crippen LogP contribution in [0.4, 0.5) is 0 Å². The summed E-state index contributed by atoms with van der Waals surface area (Å²) in [5.74, 6) is 0.508. The van der Waals surface area contributed by atoms with Gasteiger partial charge in [0.2, 0.25) is 0 Å². The second kappa shape index (κ2) is 10.0. The monoisotopic (exact) mass is 442 g/mol. The van der Waals surface area contributed by atoms with Crippen LogP contribution in [-0.4, -0.2) is 24.6 Å². The molecule has 0 spiro atoms. The summed E-state index contributed by atoms with van der Waals surface area (Å²) in [6, 6.07) is 10.9. The summed E-state index contributed by atoms with van der Waals surface area (Å²) in [5.41, 5.74) is 8.40. The molecule has 1 saturated carbocycles. The molecule has 1 unspecified atom stereocenters. The summed E-state index contributed by atoms with van der Waals surface area (Å²) in [6.45, 7) is 9.46. The number of hydrogen-bond acceptors (Lipinski definition) is 2. The van der Waals surface area contributed by atoms with Crippen molar-refractivity contribution in [1.82, 2.24) is 10.6 Å². The van der Waals surface area contributed by atoms with Crippen LogP contribution in [0.15, 0.2) is 47.5 Å². The van der Waals surface area contributed by atoms with Crippen molar-refractivity contribution < 1.29 is 0 Å². The van der Waals surface area contributed by atoms with Crippen molar-refractivity contribution in [1.29, 1.82) is 0 Å². The molecule has 24 heavy (non-hydrogen) atoms. The van der Waals surface area contributed by atoms with E-state index in [4.69, 9.17) is 5.73 Å². The average molecular weight is 442 g/mol. The van der Waals surface area contributed by atoms with Crippen LogP contribution in [0.2, 0.25) is 0 Å². The lowest BCUT2D eigenvalue weighted by Gasteiger charge is -2.33. The van der Waals surface area contributed by atoms with E-state index in [-0.39, 0.29) is 29.5 Å². The smallest absolute Gasteiger partial charge is 0.188 e. The molecule has 1 aliphatic carbocycles. The second-order valence-corrected chi connectivity index (χ2v) is 6.78. The van der Waals surface area contributed by atoms with Gasteiger partial charge in [0.25, 0.3) is 0 Å². The van der Waals surface area contributed by atoms with Crippen molar-refractivity contribution in [2.45, 2.75) is 51.1 Å². The predicted octanol–water partition coefficient (Wildman–Crippen LogP) is 3.75. The fourth-order valence-corrected chi connectivity index (χ4v) is 3.22. The maximum absolute atomic E-state index is 5.97. The van der Waals surface area contributed by atoms with Crippen molar-refractivity contribution in [2.75, 3.05) is 13.1 Å². The molecule has 1 aliphatic rings. The van der Waals surface area contributed by atoms with Crippen LogP contribution in [-0.2, 0) is 0 Å². The summed E-state index contributed by atoms with van der Waals surface area (Å²) < 4.78 is 0. The Hall–Kier alpha value is -1.08. The number of guanidine groups is 1. The van der Waals surface area contributed by atoms with Crippen LogP contribution < -0.4 is 16.4 Å². The quantitative estimate of drug-likeness (QED) is 0.261. The van der Waals surface area contributed by atoms with Gasteiger partial charge in [-0.1, -0.05) is 55.3 Å². The van der Waals surface area contributed by atoms with Gasteiger partial charge in [-0.3, -0.25) is 4.99 Å². The van der Waals surface area contributed by atoms with Gasteiger partial charge in [-0.25, -0.2) is 0 Å². The minimum absolute atomic E-state index is 0. The third kappa shape index (κ3) is 6.43. The van der Waals surface area contributed by atoms with Crippen molar-refractivity contribution in [3.8, 4) is 0 Å². The van der Waals surface area contributed by atoms with Crippen LogP contribution in [0.5, 0.6) is 0 Å². The Labute approximate surface area is 163 Å². The molecule has 0 aromatic heterocycles. The van der Waals surface area contributed by atoms with Crippen molar-refractivity contribution in [3.63, 3.8) is 0 Å². The molecule has 4 N–H and O–H groups in total. The normalized spacial score (nSPS) is 17.8. The van der Waals surface area contributed by atoms with E-state index in [1.807, 2.05) is 6.92 Å². The largest absolute Gasteiger partial charge is 0.370 e. The maximum Gasteiger partial charge on any atom is 0.188 e. The van der Waals surface area contributed by atoms with E-state index >= 15 is 0 Å². The molecule has 2 rings (SSSR count). The zero-order chi connectivity index (χ0) is 16.7. The second-order valence-electron chi connectivity index (χ2n) is 6.78. The Balaban J connectivity index is 0.00000288. The topological polar surface area (TPSA) is 62.4 Å². The van der Waals surface area contributed by atoms with Gasteiger partial charge in [-0.15, -0.1) is 24.0 Å². The Morgan fingerprint density at radius 3 is 2.50 bits per heavy atom. The molecule has 1 fully saturated rings. The van der Waals surface area contributed by atoms with Crippen LogP contribution in [0.3, 0.4) is 0 Å². The first kappa shape index (κ1) is 21.0. The minimum atomic E-state index is 0. The minimum Gasteiger partial charge on any atom is -0.370 e. The SMILES string of the molecule is C=C(C)CNC(N)=NCC1(NC(C)c2ccccc2)CCCC1.I. The van der Waals surface area contributed by atoms with Crippen molar-refractivity contribution in [2.24, 2.45) is 10.7 Å². The summed E-state index contributed by atoms with van der Waals surface area (Å²) in [7, 11) is 0. The molecule has 0 aliphatic heterocycles. The van der Waals surface area contributed by atoms with E-state index in [9.17, 15) is 0 Å². The first-order valence-electron chi connectivity index (χ1n) is 8.52. The van der Waals surface area contributed by atoms with E-state index in [0.29, 0.717) is 18.5 Å². The number of nitrogens with one attached hydrogen (secondary N) is 2. The molecular weight excluding hydrogens is 411 g/mol. The Bertz CT molecular complexity index is 536. The number of hydrogen-bond donors (Lipinski definition) is 3. The summed E-state index contributed by atoms with van der Waals surface area (Å²) in [4.78, 5) is 4.58. The molecule has 0 radical (unpaired) electrons. The van der Waals surface area contributed by atoms with Crippen LogP contribution >= 0.6 is 24.0 Å². The molecule has 0 amide bonds. The highest BCUT2D eigenvalue weighted by molar-refractivity contribution is 14.0. The molecule has 4 nitrogen and oxygen atoms in total. The zero-order valence-electron chi connectivity index (χ0n) is 14.8. The first-order chi connectivity index (χ1) is 11.0. The molecule has 0 saturated heterocycles. The molecule has 134 valence electrons. The third-order valence-electron chi connectivity index (χ3n) is 4.51. The highest BCUT2D eigenvalue weighted by atomic mass is 127. The standard InChI is InChI=1S/C19H30N4.HI/c1-15(2)13-21-18(20)22-14-19(11-7-8-12-19)23-16(3)17-9-5-4-6-10-17;/h4-6,9-10,16,23H,1,7-8,11-14H2,2-3H3,(H3,20,21,22);1H. The van der Waals surface area contributed by atoms with Gasteiger partial charge in [-0.05, 0) is 32.3 Å².